The minimum absolute atomic E-state index is 0.121. The van der Waals surface area contributed by atoms with Crippen LogP contribution < -0.4 is 5.32 Å². The van der Waals surface area contributed by atoms with Crippen LogP contribution in [-0.4, -0.2) is 54.2 Å². The lowest BCUT2D eigenvalue weighted by molar-refractivity contribution is -0.149. The van der Waals surface area contributed by atoms with Gasteiger partial charge in [0.2, 0.25) is 0 Å². The van der Waals surface area contributed by atoms with Crippen molar-refractivity contribution in [3.63, 3.8) is 0 Å². The van der Waals surface area contributed by atoms with Crippen LogP contribution in [0.25, 0.3) is 0 Å². The summed E-state index contributed by atoms with van der Waals surface area (Å²) in [6.07, 6.45) is 0. The quantitative estimate of drug-likeness (QED) is 0.815. The Morgan fingerprint density at radius 2 is 2.29 bits per heavy atom. The largest absolute Gasteiger partial charge is 0.507 e. The number of piperazine rings is 1. The third-order valence-electron chi connectivity index (χ3n) is 3.25. The average Bonchev–Trinajstić information content (AvgIpc) is 2.47. The number of benzene rings is 1. The van der Waals surface area contributed by atoms with Crippen LogP contribution in [0.3, 0.4) is 0 Å². The number of carbonyl (C=O) groups excluding carboxylic acids is 2. The van der Waals surface area contributed by atoms with E-state index in [-0.39, 0.29) is 17.9 Å². The Morgan fingerprint density at radius 3 is 2.95 bits per heavy atom. The molecule has 1 fully saturated rings. The lowest BCUT2D eigenvalue weighted by Gasteiger charge is -2.34. The number of ether oxygens (including phenoxy) is 1. The molecule has 0 saturated carbocycles. The molecule has 0 radical (unpaired) electrons. The Morgan fingerprint density at radius 1 is 1.52 bits per heavy atom. The van der Waals surface area contributed by atoms with Crippen molar-refractivity contribution in [3.8, 4) is 5.75 Å². The minimum atomic E-state index is -0.693. The second kappa shape index (κ2) is 6.78. The zero-order chi connectivity index (χ0) is 15.4. The van der Waals surface area contributed by atoms with E-state index in [9.17, 15) is 14.7 Å². The molecule has 114 valence electrons. The summed E-state index contributed by atoms with van der Waals surface area (Å²) < 4.78 is 4.99. The molecule has 6 nitrogen and oxygen atoms in total. The molecule has 0 bridgehead atoms. The van der Waals surface area contributed by atoms with E-state index in [1.54, 1.807) is 6.92 Å². The molecule has 21 heavy (non-hydrogen) atoms. The van der Waals surface area contributed by atoms with Crippen molar-refractivity contribution in [2.24, 2.45) is 0 Å². The fraction of sp³-hybridized carbons (Fsp3) is 0.429. The molecular weight excluding hydrogens is 296 g/mol. The number of nitrogens with zero attached hydrogens (tertiary/aromatic N) is 1. The fourth-order valence-corrected chi connectivity index (χ4v) is 2.40. The van der Waals surface area contributed by atoms with Crippen LogP contribution in [0.5, 0.6) is 5.75 Å². The Bertz CT molecular complexity index is 550. The molecule has 2 N–H and O–H groups in total. The topological polar surface area (TPSA) is 78.9 Å². The van der Waals surface area contributed by atoms with Gasteiger partial charge in [-0.25, -0.2) is 4.79 Å². The Balaban J connectivity index is 2.24. The van der Waals surface area contributed by atoms with Crippen molar-refractivity contribution in [1.29, 1.82) is 0 Å². The van der Waals surface area contributed by atoms with Crippen molar-refractivity contribution in [2.45, 2.75) is 13.0 Å². The summed E-state index contributed by atoms with van der Waals surface area (Å²) in [6.45, 7) is 3.24. The lowest BCUT2D eigenvalue weighted by Crippen LogP contribution is -2.57. The van der Waals surface area contributed by atoms with E-state index in [4.69, 9.17) is 16.3 Å². The molecule has 0 spiro atoms. The van der Waals surface area contributed by atoms with Gasteiger partial charge in [-0.05, 0) is 25.1 Å². The number of hydrogen-bond acceptors (Lipinski definition) is 5. The van der Waals surface area contributed by atoms with Crippen molar-refractivity contribution in [3.05, 3.63) is 28.8 Å². The highest BCUT2D eigenvalue weighted by atomic mass is 35.5. The Kier molecular flexibility index (Phi) is 5.03. The summed E-state index contributed by atoms with van der Waals surface area (Å²) in [4.78, 5) is 25.9. The van der Waals surface area contributed by atoms with E-state index in [0.717, 1.165) is 0 Å². The number of aromatic hydroxyl groups is 1. The molecule has 1 heterocycles. The first kappa shape index (κ1) is 15.6. The van der Waals surface area contributed by atoms with E-state index in [0.29, 0.717) is 24.7 Å². The average molecular weight is 313 g/mol. The highest BCUT2D eigenvalue weighted by Crippen LogP contribution is 2.24. The van der Waals surface area contributed by atoms with E-state index in [2.05, 4.69) is 5.32 Å². The standard InChI is InChI=1S/C14H17ClN2O4/c1-2-21-14(20)11-8-16-5-6-17(11)13(19)10-4-3-9(15)7-12(10)18/h3-4,7,11,16,18H,2,5-6,8H2,1H3. The van der Waals surface area contributed by atoms with Crippen molar-refractivity contribution in [1.82, 2.24) is 10.2 Å². The second-order valence-electron chi connectivity index (χ2n) is 4.63. The number of esters is 1. The third-order valence-corrected chi connectivity index (χ3v) is 3.49. The minimum Gasteiger partial charge on any atom is -0.507 e. The van der Waals surface area contributed by atoms with Gasteiger partial charge in [-0.1, -0.05) is 11.6 Å². The van der Waals surface area contributed by atoms with Gasteiger partial charge in [0.15, 0.2) is 0 Å². The molecule has 1 atom stereocenters. The van der Waals surface area contributed by atoms with E-state index in [1.807, 2.05) is 0 Å². The van der Waals surface area contributed by atoms with Crippen LogP contribution in [0, 0.1) is 0 Å². The summed E-state index contributed by atoms with van der Waals surface area (Å²) in [5, 5.41) is 13.3. The van der Waals surface area contributed by atoms with Gasteiger partial charge in [0.25, 0.3) is 5.91 Å². The molecule has 1 amide bonds. The van der Waals surface area contributed by atoms with Gasteiger partial charge in [0, 0.05) is 24.7 Å². The van der Waals surface area contributed by atoms with Crippen LogP contribution in [0.1, 0.15) is 17.3 Å². The maximum absolute atomic E-state index is 12.5. The van der Waals surface area contributed by atoms with Crippen molar-refractivity contribution < 1.29 is 19.4 Å². The molecule has 1 aromatic carbocycles. The van der Waals surface area contributed by atoms with Crippen molar-refractivity contribution >= 4 is 23.5 Å². The molecule has 1 aliphatic rings. The number of nitrogens with one attached hydrogen (secondary N) is 1. The van der Waals surface area contributed by atoms with Crippen LogP contribution >= 0.6 is 11.6 Å². The highest BCUT2D eigenvalue weighted by Gasteiger charge is 2.34. The first-order valence-electron chi connectivity index (χ1n) is 6.71. The molecule has 0 aromatic heterocycles. The van der Waals surface area contributed by atoms with Gasteiger partial charge in [-0.3, -0.25) is 4.79 Å². The number of rotatable bonds is 3. The Labute approximate surface area is 127 Å². The van der Waals surface area contributed by atoms with E-state index >= 15 is 0 Å². The molecule has 1 saturated heterocycles. The normalized spacial score (nSPS) is 18.4. The molecule has 0 aliphatic carbocycles. The number of hydrogen-bond donors (Lipinski definition) is 2. The van der Waals surface area contributed by atoms with Gasteiger partial charge in [-0.15, -0.1) is 0 Å². The predicted molar refractivity (Wildman–Crippen MR) is 77.4 cm³/mol. The highest BCUT2D eigenvalue weighted by molar-refractivity contribution is 6.30. The molecule has 1 aromatic rings. The third kappa shape index (κ3) is 3.46. The maximum Gasteiger partial charge on any atom is 0.330 e. The van der Waals surface area contributed by atoms with Crippen LogP contribution in [-0.2, 0) is 9.53 Å². The first-order valence-corrected chi connectivity index (χ1v) is 7.09. The number of halogens is 1. The second-order valence-corrected chi connectivity index (χ2v) is 5.07. The van der Waals surface area contributed by atoms with E-state index < -0.39 is 17.9 Å². The first-order chi connectivity index (χ1) is 10.0. The fourth-order valence-electron chi connectivity index (χ4n) is 2.24. The van der Waals surface area contributed by atoms with Crippen LogP contribution in [0.2, 0.25) is 5.02 Å². The zero-order valence-corrected chi connectivity index (χ0v) is 12.4. The lowest BCUT2D eigenvalue weighted by atomic mass is 10.1. The van der Waals surface area contributed by atoms with Gasteiger partial charge in [0.05, 0.1) is 12.2 Å². The monoisotopic (exact) mass is 312 g/mol. The zero-order valence-electron chi connectivity index (χ0n) is 11.6. The molecular formula is C14H17ClN2O4. The van der Waals surface area contributed by atoms with Gasteiger partial charge in [0.1, 0.15) is 11.8 Å². The van der Waals surface area contributed by atoms with Crippen LogP contribution in [0.4, 0.5) is 0 Å². The van der Waals surface area contributed by atoms with Gasteiger partial charge < -0.3 is 20.1 Å². The summed E-state index contributed by atoms with van der Waals surface area (Å²) in [6, 6.07) is 3.58. The summed E-state index contributed by atoms with van der Waals surface area (Å²) in [5.41, 5.74) is 0.121. The number of phenolic OH excluding ortho intramolecular Hbond substituents is 1. The van der Waals surface area contributed by atoms with Crippen molar-refractivity contribution in [2.75, 3.05) is 26.2 Å². The maximum atomic E-state index is 12.5. The molecule has 1 aliphatic heterocycles. The molecule has 7 heteroatoms. The number of carbonyl (C=O) groups is 2. The Hall–Kier alpha value is -1.79. The number of amides is 1. The summed E-state index contributed by atoms with van der Waals surface area (Å²) in [7, 11) is 0. The van der Waals surface area contributed by atoms with Crippen LogP contribution in [0.15, 0.2) is 18.2 Å². The smallest absolute Gasteiger partial charge is 0.330 e. The summed E-state index contributed by atoms with van der Waals surface area (Å²) >= 11 is 5.76. The molecule has 2 rings (SSSR count). The SMILES string of the molecule is CCOC(=O)C1CNCCN1C(=O)c1ccc(Cl)cc1O. The van der Waals surface area contributed by atoms with E-state index in [1.165, 1.54) is 23.1 Å². The van der Waals surface area contributed by atoms with Gasteiger partial charge in [-0.2, -0.15) is 0 Å². The van der Waals surface area contributed by atoms with Gasteiger partial charge >= 0.3 is 5.97 Å². The summed E-state index contributed by atoms with van der Waals surface area (Å²) in [5.74, 6) is -1.07. The number of phenols is 1. The molecule has 1 unspecified atom stereocenters. The predicted octanol–water partition coefficient (Wildman–Crippen LogP) is 1.02.